The molecule has 0 aliphatic heterocycles. The van der Waals surface area contributed by atoms with Crippen LogP contribution in [0.5, 0.6) is 0 Å². The van der Waals surface area contributed by atoms with Crippen molar-refractivity contribution in [2.24, 2.45) is 5.73 Å². The van der Waals surface area contributed by atoms with E-state index in [2.05, 4.69) is 0 Å². The first-order valence-electron chi connectivity index (χ1n) is 3.64. The summed E-state index contributed by atoms with van der Waals surface area (Å²) in [6.07, 6.45) is 0. The van der Waals surface area contributed by atoms with E-state index in [0.717, 1.165) is 11.6 Å². The molecule has 1 aromatic heterocycles. The lowest BCUT2D eigenvalue weighted by molar-refractivity contribution is 0.482. The second kappa shape index (κ2) is 2.96. The molecule has 0 saturated heterocycles. The molecule has 0 fully saturated rings. The quantitative estimate of drug-likeness (QED) is 0.699. The molecule has 62 valence electrons. The van der Waals surface area contributed by atoms with Gasteiger partial charge in [0.05, 0.1) is 6.04 Å². The van der Waals surface area contributed by atoms with Crippen LogP contribution in [0, 0.1) is 0 Å². The maximum absolute atomic E-state index is 5.61. The van der Waals surface area contributed by atoms with Crippen molar-refractivity contribution in [3.05, 3.63) is 17.9 Å². The minimum absolute atomic E-state index is 0.0244. The Kier molecular flexibility index (Phi) is 2.19. The van der Waals surface area contributed by atoms with Gasteiger partial charge in [-0.25, -0.2) is 0 Å². The third-order valence-corrected chi connectivity index (χ3v) is 1.50. The Hall–Kier alpha value is -0.960. The second-order valence-electron chi connectivity index (χ2n) is 2.86. The minimum Gasteiger partial charge on any atom is -0.444 e. The molecule has 0 bridgehead atoms. The Labute approximate surface area is 66.8 Å². The molecule has 3 nitrogen and oxygen atoms in total. The van der Waals surface area contributed by atoms with E-state index >= 15 is 0 Å². The number of nitrogens with two attached hydrogens (primary N) is 1. The summed E-state index contributed by atoms with van der Waals surface area (Å²) in [5.74, 6) is 1.67. The highest BCUT2D eigenvalue weighted by Crippen LogP contribution is 2.19. The fraction of sp³-hybridized carbons (Fsp3) is 0.500. The lowest BCUT2D eigenvalue weighted by Crippen LogP contribution is -2.07. The van der Waals surface area contributed by atoms with E-state index in [4.69, 9.17) is 10.2 Å². The van der Waals surface area contributed by atoms with Crippen LogP contribution in [0.1, 0.15) is 18.7 Å². The first-order chi connectivity index (χ1) is 5.11. The van der Waals surface area contributed by atoms with Gasteiger partial charge in [-0.1, -0.05) is 0 Å². The van der Waals surface area contributed by atoms with Crippen LogP contribution in [0.25, 0.3) is 0 Å². The molecule has 2 N–H and O–H groups in total. The average Bonchev–Trinajstić information content (AvgIpc) is 2.33. The zero-order valence-electron chi connectivity index (χ0n) is 7.16. The molecule has 0 radical (unpaired) electrons. The number of rotatable bonds is 2. The summed E-state index contributed by atoms with van der Waals surface area (Å²) in [7, 11) is 3.87. The van der Waals surface area contributed by atoms with Gasteiger partial charge in [0, 0.05) is 20.2 Å². The minimum atomic E-state index is -0.0244. The first-order valence-corrected chi connectivity index (χ1v) is 3.64. The van der Waals surface area contributed by atoms with Gasteiger partial charge in [-0.3, -0.25) is 0 Å². The van der Waals surface area contributed by atoms with Gasteiger partial charge in [0.1, 0.15) is 5.76 Å². The monoisotopic (exact) mass is 154 g/mol. The number of nitrogens with zero attached hydrogens (tertiary/aromatic N) is 1. The van der Waals surface area contributed by atoms with Crippen LogP contribution in [0.15, 0.2) is 16.5 Å². The lowest BCUT2D eigenvalue weighted by atomic mass is 10.3. The second-order valence-corrected chi connectivity index (χ2v) is 2.86. The van der Waals surface area contributed by atoms with Gasteiger partial charge < -0.3 is 15.1 Å². The van der Waals surface area contributed by atoms with Crippen molar-refractivity contribution in [1.29, 1.82) is 0 Å². The third-order valence-electron chi connectivity index (χ3n) is 1.50. The Bertz CT molecular complexity index is 205. The Morgan fingerprint density at radius 2 is 2.09 bits per heavy atom. The van der Waals surface area contributed by atoms with Crippen molar-refractivity contribution < 1.29 is 4.42 Å². The van der Waals surface area contributed by atoms with E-state index in [9.17, 15) is 0 Å². The Balaban J connectivity index is 2.82. The summed E-state index contributed by atoms with van der Waals surface area (Å²) in [4.78, 5) is 1.91. The normalized spacial score (nSPS) is 13.1. The van der Waals surface area contributed by atoms with Gasteiger partial charge in [0.15, 0.2) is 5.88 Å². The maximum atomic E-state index is 5.61. The van der Waals surface area contributed by atoms with E-state index in [0.29, 0.717) is 0 Å². The van der Waals surface area contributed by atoms with Gasteiger partial charge in [-0.15, -0.1) is 0 Å². The van der Waals surface area contributed by atoms with Gasteiger partial charge >= 0.3 is 0 Å². The third kappa shape index (κ3) is 1.74. The van der Waals surface area contributed by atoms with Crippen LogP contribution < -0.4 is 10.6 Å². The topological polar surface area (TPSA) is 42.4 Å². The van der Waals surface area contributed by atoms with Crippen LogP contribution in [-0.2, 0) is 0 Å². The SMILES string of the molecule is C[C@H](N)c1ccc(N(C)C)o1. The molecule has 0 spiro atoms. The van der Waals surface area contributed by atoms with E-state index in [1.807, 2.05) is 38.1 Å². The zero-order valence-corrected chi connectivity index (χ0v) is 7.16. The molecular formula is C8H14N2O. The maximum Gasteiger partial charge on any atom is 0.195 e. The van der Waals surface area contributed by atoms with Crippen LogP contribution in [-0.4, -0.2) is 14.1 Å². The van der Waals surface area contributed by atoms with Gasteiger partial charge in [0.25, 0.3) is 0 Å². The fourth-order valence-corrected chi connectivity index (χ4v) is 0.827. The molecule has 0 aromatic carbocycles. The number of hydrogen-bond acceptors (Lipinski definition) is 3. The molecule has 1 rings (SSSR count). The lowest BCUT2D eigenvalue weighted by Gasteiger charge is -2.07. The standard InChI is InChI=1S/C8H14N2O/c1-6(9)7-4-5-8(11-7)10(2)3/h4-6H,9H2,1-3H3/t6-/m0/s1. The van der Waals surface area contributed by atoms with Crippen molar-refractivity contribution in [2.45, 2.75) is 13.0 Å². The van der Waals surface area contributed by atoms with Crippen molar-refractivity contribution in [1.82, 2.24) is 0 Å². The fourth-order valence-electron chi connectivity index (χ4n) is 0.827. The molecular weight excluding hydrogens is 140 g/mol. The van der Waals surface area contributed by atoms with Crippen LogP contribution in [0.2, 0.25) is 0 Å². The van der Waals surface area contributed by atoms with Crippen LogP contribution in [0.4, 0.5) is 5.88 Å². The molecule has 0 aliphatic carbocycles. The predicted octanol–water partition coefficient (Wildman–Crippen LogP) is 1.37. The van der Waals surface area contributed by atoms with E-state index in [1.165, 1.54) is 0 Å². The smallest absolute Gasteiger partial charge is 0.195 e. The number of anilines is 1. The van der Waals surface area contributed by atoms with Crippen molar-refractivity contribution in [2.75, 3.05) is 19.0 Å². The number of hydrogen-bond donors (Lipinski definition) is 1. The number of furan rings is 1. The van der Waals surface area contributed by atoms with Gasteiger partial charge in [-0.2, -0.15) is 0 Å². The molecule has 0 aliphatic rings. The molecule has 1 atom stereocenters. The zero-order chi connectivity index (χ0) is 8.43. The molecule has 0 unspecified atom stereocenters. The Morgan fingerprint density at radius 3 is 2.36 bits per heavy atom. The van der Waals surface area contributed by atoms with Gasteiger partial charge in [0.2, 0.25) is 0 Å². The summed E-state index contributed by atoms with van der Waals surface area (Å²) < 4.78 is 5.41. The predicted molar refractivity (Wildman–Crippen MR) is 45.6 cm³/mol. The molecule has 1 heterocycles. The molecule has 0 amide bonds. The van der Waals surface area contributed by atoms with Gasteiger partial charge in [-0.05, 0) is 13.0 Å². The molecule has 3 heteroatoms. The molecule has 11 heavy (non-hydrogen) atoms. The highest BCUT2D eigenvalue weighted by atomic mass is 16.4. The first kappa shape index (κ1) is 8.14. The van der Waals surface area contributed by atoms with E-state index in [1.54, 1.807) is 0 Å². The van der Waals surface area contributed by atoms with E-state index < -0.39 is 0 Å². The summed E-state index contributed by atoms with van der Waals surface area (Å²) >= 11 is 0. The highest BCUT2D eigenvalue weighted by Gasteiger charge is 2.06. The van der Waals surface area contributed by atoms with Crippen molar-refractivity contribution >= 4 is 5.88 Å². The summed E-state index contributed by atoms with van der Waals surface area (Å²) in [6.45, 7) is 1.90. The summed E-state index contributed by atoms with van der Waals surface area (Å²) in [6, 6.07) is 3.79. The van der Waals surface area contributed by atoms with Crippen molar-refractivity contribution in [3.8, 4) is 0 Å². The Morgan fingerprint density at radius 1 is 1.45 bits per heavy atom. The summed E-state index contributed by atoms with van der Waals surface area (Å²) in [5.41, 5.74) is 5.61. The average molecular weight is 154 g/mol. The highest BCUT2D eigenvalue weighted by molar-refractivity contribution is 5.34. The van der Waals surface area contributed by atoms with Crippen LogP contribution >= 0.6 is 0 Å². The molecule has 0 saturated carbocycles. The largest absolute Gasteiger partial charge is 0.444 e. The van der Waals surface area contributed by atoms with Crippen molar-refractivity contribution in [3.63, 3.8) is 0 Å². The summed E-state index contributed by atoms with van der Waals surface area (Å²) in [5, 5.41) is 0. The molecule has 1 aromatic rings. The van der Waals surface area contributed by atoms with Crippen LogP contribution in [0.3, 0.4) is 0 Å². The van der Waals surface area contributed by atoms with E-state index in [-0.39, 0.29) is 6.04 Å².